The van der Waals surface area contributed by atoms with Gasteiger partial charge in [-0.1, -0.05) is 13.3 Å². The van der Waals surface area contributed by atoms with Crippen molar-refractivity contribution < 1.29 is 4.74 Å². The van der Waals surface area contributed by atoms with Crippen molar-refractivity contribution in [1.29, 1.82) is 0 Å². The summed E-state index contributed by atoms with van der Waals surface area (Å²) < 4.78 is 4.89. The number of hydrogen-bond donors (Lipinski definition) is 1. The Morgan fingerprint density at radius 1 is 1.46 bits per heavy atom. The molecule has 4 heteroatoms. The van der Waals surface area contributed by atoms with E-state index >= 15 is 0 Å². The van der Waals surface area contributed by atoms with E-state index in [4.69, 9.17) is 10.5 Å². The zero-order valence-electron chi connectivity index (χ0n) is 8.03. The average molecular weight is 181 g/mol. The summed E-state index contributed by atoms with van der Waals surface area (Å²) in [6, 6.07) is 3.62. The smallest absolute Gasteiger partial charge is 0.233 e. The van der Waals surface area contributed by atoms with Gasteiger partial charge in [-0.25, -0.2) is 0 Å². The second-order valence-corrected chi connectivity index (χ2v) is 2.90. The highest BCUT2D eigenvalue weighted by atomic mass is 16.5. The quantitative estimate of drug-likeness (QED) is 0.760. The third kappa shape index (κ3) is 2.66. The summed E-state index contributed by atoms with van der Waals surface area (Å²) in [5.41, 5.74) is 6.68. The first-order chi connectivity index (χ1) is 6.27. The molecule has 1 heterocycles. The predicted octanol–water partition coefficient (Wildman–Crippen LogP) is 1.29. The third-order valence-electron chi connectivity index (χ3n) is 1.85. The Morgan fingerprint density at radius 2 is 2.23 bits per heavy atom. The van der Waals surface area contributed by atoms with Crippen LogP contribution in [0.25, 0.3) is 0 Å². The van der Waals surface area contributed by atoms with Gasteiger partial charge < -0.3 is 10.5 Å². The molecule has 0 aromatic carbocycles. The number of nitrogens with two attached hydrogens (primary N) is 1. The van der Waals surface area contributed by atoms with Crippen LogP contribution in [-0.2, 0) is 0 Å². The maximum atomic E-state index is 5.85. The lowest BCUT2D eigenvalue weighted by molar-refractivity contribution is 0.390. The number of ether oxygens (including phenoxy) is 1. The molecule has 72 valence electrons. The van der Waals surface area contributed by atoms with Gasteiger partial charge in [0.15, 0.2) is 0 Å². The molecule has 0 saturated heterocycles. The van der Waals surface area contributed by atoms with E-state index in [1.54, 1.807) is 13.2 Å². The van der Waals surface area contributed by atoms with Crippen LogP contribution < -0.4 is 10.5 Å². The van der Waals surface area contributed by atoms with Gasteiger partial charge in [-0.05, 0) is 12.5 Å². The molecule has 1 aromatic heterocycles. The normalized spacial score (nSPS) is 12.5. The summed E-state index contributed by atoms with van der Waals surface area (Å²) in [5.74, 6) is 0.521. The Bertz CT molecular complexity index is 248. The molecule has 0 amide bonds. The van der Waals surface area contributed by atoms with Crippen molar-refractivity contribution in [2.45, 2.75) is 25.8 Å². The molecule has 1 aromatic rings. The first-order valence-electron chi connectivity index (χ1n) is 4.41. The van der Waals surface area contributed by atoms with E-state index in [2.05, 4.69) is 17.1 Å². The van der Waals surface area contributed by atoms with Crippen LogP contribution in [0.3, 0.4) is 0 Å². The van der Waals surface area contributed by atoms with Crippen LogP contribution in [0.5, 0.6) is 5.88 Å². The molecule has 0 spiro atoms. The predicted molar refractivity (Wildman–Crippen MR) is 50.4 cm³/mol. The van der Waals surface area contributed by atoms with E-state index in [1.807, 2.05) is 6.07 Å². The van der Waals surface area contributed by atoms with Gasteiger partial charge in [-0.15, -0.1) is 5.10 Å². The first kappa shape index (κ1) is 9.92. The number of methoxy groups -OCH3 is 1. The number of nitrogens with zero attached hydrogens (tertiary/aromatic N) is 2. The van der Waals surface area contributed by atoms with Crippen molar-refractivity contribution in [3.63, 3.8) is 0 Å². The highest BCUT2D eigenvalue weighted by Gasteiger charge is 2.06. The largest absolute Gasteiger partial charge is 0.480 e. The molecule has 0 aliphatic carbocycles. The second kappa shape index (κ2) is 4.77. The lowest BCUT2D eigenvalue weighted by Crippen LogP contribution is -2.12. The van der Waals surface area contributed by atoms with Gasteiger partial charge in [0.1, 0.15) is 0 Å². The standard InChI is InChI=1S/C9H15N3O/c1-3-4-7(10)8-5-6-9(13-2)12-11-8/h5-7H,3-4,10H2,1-2H3/t7-/m0/s1. The van der Waals surface area contributed by atoms with Crippen molar-refractivity contribution in [1.82, 2.24) is 10.2 Å². The summed E-state index contributed by atoms with van der Waals surface area (Å²) in [6.07, 6.45) is 1.98. The van der Waals surface area contributed by atoms with E-state index in [9.17, 15) is 0 Å². The molecule has 0 aliphatic heterocycles. The fourth-order valence-corrected chi connectivity index (χ4v) is 1.10. The topological polar surface area (TPSA) is 61.0 Å². The Balaban J connectivity index is 2.67. The molecular weight excluding hydrogens is 166 g/mol. The number of rotatable bonds is 4. The van der Waals surface area contributed by atoms with E-state index in [1.165, 1.54) is 0 Å². The minimum Gasteiger partial charge on any atom is -0.480 e. The second-order valence-electron chi connectivity index (χ2n) is 2.90. The van der Waals surface area contributed by atoms with E-state index in [-0.39, 0.29) is 6.04 Å². The summed E-state index contributed by atoms with van der Waals surface area (Å²) in [7, 11) is 1.57. The van der Waals surface area contributed by atoms with Crippen LogP contribution in [0, 0.1) is 0 Å². The van der Waals surface area contributed by atoms with Gasteiger partial charge in [-0.3, -0.25) is 0 Å². The summed E-state index contributed by atoms with van der Waals surface area (Å²) >= 11 is 0. The maximum absolute atomic E-state index is 5.85. The van der Waals surface area contributed by atoms with Crippen LogP contribution in [0.4, 0.5) is 0 Å². The van der Waals surface area contributed by atoms with Crippen molar-refractivity contribution in [2.24, 2.45) is 5.73 Å². The minimum atomic E-state index is -0.0107. The fourth-order valence-electron chi connectivity index (χ4n) is 1.10. The highest BCUT2D eigenvalue weighted by molar-refractivity contribution is 5.13. The zero-order chi connectivity index (χ0) is 9.68. The minimum absolute atomic E-state index is 0.0107. The van der Waals surface area contributed by atoms with Gasteiger partial charge >= 0.3 is 0 Å². The monoisotopic (exact) mass is 181 g/mol. The van der Waals surface area contributed by atoms with E-state index < -0.39 is 0 Å². The summed E-state index contributed by atoms with van der Waals surface area (Å²) in [5, 5.41) is 7.82. The van der Waals surface area contributed by atoms with Gasteiger partial charge in [0.05, 0.1) is 12.8 Å². The Kier molecular flexibility index (Phi) is 3.64. The molecule has 0 unspecified atom stereocenters. The Labute approximate surface area is 78.1 Å². The summed E-state index contributed by atoms with van der Waals surface area (Å²) in [4.78, 5) is 0. The molecule has 0 aliphatic rings. The lowest BCUT2D eigenvalue weighted by atomic mass is 10.1. The average Bonchev–Trinajstić information content (AvgIpc) is 2.18. The van der Waals surface area contributed by atoms with Crippen LogP contribution >= 0.6 is 0 Å². The molecule has 1 atom stereocenters. The van der Waals surface area contributed by atoms with Crippen LogP contribution in [0.15, 0.2) is 12.1 Å². The molecule has 0 radical (unpaired) electrons. The molecule has 0 fully saturated rings. The van der Waals surface area contributed by atoms with Crippen LogP contribution in [0.1, 0.15) is 31.5 Å². The summed E-state index contributed by atoms with van der Waals surface area (Å²) in [6.45, 7) is 2.09. The number of aromatic nitrogens is 2. The van der Waals surface area contributed by atoms with E-state index in [0.717, 1.165) is 18.5 Å². The lowest BCUT2D eigenvalue weighted by Gasteiger charge is -2.08. The van der Waals surface area contributed by atoms with Gasteiger partial charge in [0, 0.05) is 12.1 Å². The van der Waals surface area contributed by atoms with Gasteiger partial charge in [-0.2, -0.15) is 5.10 Å². The first-order valence-corrected chi connectivity index (χ1v) is 4.41. The van der Waals surface area contributed by atoms with Gasteiger partial charge in [0.2, 0.25) is 5.88 Å². The van der Waals surface area contributed by atoms with Crippen LogP contribution in [-0.4, -0.2) is 17.3 Å². The third-order valence-corrected chi connectivity index (χ3v) is 1.85. The van der Waals surface area contributed by atoms with E-state index in [0.29, 0.717) is 5.88 Å². The molecular formula is C9H15N3O. The molecule has 13 heavy (non-hydrogen) atoms. The molecule has 0 saturated carbocycles. The highest BCUT2D eigenvalue weighted by Crippen LogP contribution is 2.13. The fraction of sp³-hybridized carbons (Fsp3) is 0.556. The number of hydrogen-bond acceptors (Lipinski definition) is 4. The molecule has 2 N–H and O–H groups in total. The maximum Gasteiger partial charge on any atom is 0.233 e. The SMILES string of the molecule is CCC[C@H](N)c1ccc(OC)nn1. The van der Waals surface area contributed by atoms with Gasteiger partial charge in [0.25, 0.3) is 0 Å². The van der Waals surface area contributed by atoms with Crippen molar-refractivity contribution in [3.8, 4) is 5.88 Å². The molecule has 4 nitrogen and oxygen atoms in total. The van der Waals surface area contributed by atoms with Crippen molar-refractivity contribution in [2.75, 3.05) is 7.11 Å². The van der Waals surface area contributed by atoms with Crippen molar-refractivity contribution >= 4 is 0 Å². The molecule has 0 bridgehead atoms. The Hall–Kier alpha value is -1.16. The molecule has 1 rings (SSSR count). The zero-order valence-corrected chi connectivity index (χ0v) is 8.03. The van der Waals surface area contributed by atoms with Crippen molar-refractivity contribution in [3.05, 3.63) is 17.8 Å². The Morgan fingerprint density at radius 3 is 2.69 bits per heavy atom. The van der Waals surface area contributed by atoms with Crippen LogP contribution in [0.2, 0.25) is 0 Å².